The van der Waals surface area contributed by atoms with Gasteiger partial charge in [0.15, 0.2) is 5.69 Å². The normalized spacial score (nSPS) is 11.2. The first-order valence-electron chi connectivity index (χ1n) is 9.49. The van der Waals surface area contributed by atoms with E-state index >= 15 is 0 Å². The van der Waals surface area contributed by atoms with Gasteiger partial charge in [-0.1, -0.05) is 50.1 Å². The molecule has 0 spiro atoms. The molecule has 4 rings (SSSR count). The highest BCUT2D eigenvalue weighted by Crippen LogP contribution is 2.38. The second kappa shape index (κ2) is 9.46. The molecule has 0 saturated heterocycles. The third kappa shape index (κ3) is 4.79. The highest BCUT2D eigenvalue weighted by Gasteiger charge is 2.19. The molecule has 4 aromatic rings. The molecule has 3 aromatic carbocycles. The van der Waals surface area contributed by atoms with Crippen molar-refractivity contribution in [3.63, 3.8) is 0 Å². The van der Waals surface area contributed by atoms with Crippen molar-refractivity contribution in [3.8, 4) is 5.88 Å². The molecule has 0 saturated carbocycles. The summed E-state index contributed by atoms with van der Waals surface area (Å²) < 4.78 is 3.17. The van der Waals surface area contributed by atoms with Crippen molar-refractivity contribution in [3.05, 3.63) is 87.3 Å². The van der Waals surface area contributed by atoms with Crippen molar-refractivity contribution >= 4 is 66.0 Å². The van der Waals surface area contributed by atoms with Crippen LogP contribution in [0.3, 0.4) is 0 Å². The number of carbonyl (C=O) groups excluding carboxylic acids is 2. The van der Waals surface area contributed by atoms with Crippen molar-refractivity contribution in [2.24, 2.45) is 10.2 Å². The summed E-state index contributed by atoms with van der Waals surface area (Å²) in [6, 6.07) is 21.0. The monoisotopic (exact) mass is 554 g/mol. The van der Waals surface area contributed by atoms with Gasteiger partial charge >= 0.3 is 0 Å². The number of benzene rings is 3. The van der Waals surface area contributed by atoms with Gasteiger partial charge in [-0.05, 0) is 54.6 Å². The molecule has 0 aliphatic carbocycles. The number of amides is 2. The number of hydrogen-bond acceptors (Lipinski definition) is 4. The second-order valence-corrected chi connectivity index (χ2v) is 8.67. The molecule has 0 radical (unpaired) electrons. The van der Waals surface area contributed by atoms with Crippen molar-refractivity contribution in [1.29, 1.82) is 0 Å². The van der Waals surface area contributed by atoms with E-state index in [2.05, 4.69) is 47.4 Å². The Labute approximate surface area is 200 Å². The summed E-state index contributed by atoms with van der Waals surface area (Å²) in [4.78, 5) is 24.9. The minimum Gasteiger partial charge on any atom is -0.493 e. The number of nitrogens with one attached hydrogen (secondary N) is 1. The predicted molar refractivity (Wildman–Crippen MR) is 129 cm³/mol. The fraction of sp³-hybridized carbons (Fsp3) is 0.0435. The summed E-state index contributed by atoms with van der Waals surface area (Å²) in [5, 5.41) is 21.9. The minimum absolute atomic E-state index is 0.127. The van der Waals surface area contributed by atoms with E-state index in [1.54, 1.807) is 60.7 Å². The first-order valence-corrected chi connectivity index (χ1v) is 11.1. The number of nitrogens with zero attached hydrogens (tertiary/aromatic N) is 3. The average molecular weight is 556 g/mol. The van der Waals surface area contributed by atoms with Crippen LogP contribution in [-0.4, -0.2) is 21.5 Å². The highest BCUT2D eigenvalue weighted by molar-refractivity contribution is 9.10. The van der Waals surface area contributed by atoms with Crippen LogP contribution in [0.5, 0.6) is 5.88 Å². The van der Waals surface area contributed by atoms with Gasteiger partial charge in [0.1, 0.15) is 6.54 Å². The van der Waals surface area contributed by atoms with Crippen LogP contribution in [-0.2, 0) is 11.3 Å². The van der Waals surface area contributed by atoms with Gasteiger partial charge in [0.2, 0.25) is 11.8 Å². The van der Waals surface area contributed by atoms with Gasteiger partial charge in [0.05, 0.1) is 5.52 Å². The molecule has 9 heteroatoms. The van der Waals surface area contributed by atoms with E-state index in [1.165, 1.54) is 4.57 Å². The Kier molecular flexibility index (Phi) is 6.48. The lowest BCUT2D eigenvalue weighted by molar-refractivity contribution is -0.116. The van der Waals surface area contributed by atoms with Crippen molar-refractivity contribution < 1.29 is 14.7 Å². The largest absolute Gasteiger partial charge is 0.493 e. The number of rotatable bonds is 5. The lowest BCUT2D eigenvalue weighted by Crippen LogP contribution is -2.18. The van der Waals surface area contributed by atoms with Gasteiger partial charge in [0, 0.05) is 25.6 Å². The highest BCUT2D eigenvalue weighted by atomic mass is 79.9. The van der Waals surface area contributed by atoms with Crippen LogP contribution in [0.1, 0.15) is 10.4 Å². The van der Waals surface area contributed by atoms with Gasteiger partial charge < -0.3 is 15.0 Å². The van der Waals surface area contributed by atoms with Crippen LogP contribution < -0.4 is 5.32 Å². The van der Waals surface area contributed by atoms with Crippen molar-refractivity contribution in [2.75, 3.05) is 5.32 Å². The molecule has 0 unspecified atom stereocenters. The van der Waals surface area contributed by atoms with Crippen molar-refractivity contribution in [2.45, 2.75) is 6.54 Å². The van der Waals surface area contributed by atoms with Crippen molar-refractivity contribution in [1.82, 2.24) is 4.57 Å². The van der Waals surface area contributed by atoms with E-state index in [-0.39, 0.29) is 24.0 Å². The van der Waals surface area contributed by atoms with Crippen LogP contribution in [0.4, 0.5) is 11.4 Å². The maximum atomic E-state index is 12.6. The standard InChI is InChI=1S/C23H16Br2N4O3/c24-15-7-5-14(6-8-15)22(31)28-27-21-18-3-1-2-4-19(18)29(23(21)32)13-20(30)26-17-11-9-16(25)10-12-17/h1-12,32H,13H2,(H,26,30). The molecule has 7 nitrogen and oxygen atoms in total. The van der Waals surface area contributed by atoms with Gasteiger partial charge in [-0.15, -0.1) is 10.2 Å². The topological polar surface area (TPSA) is 96.1 Å². The predicted octanol–water partition coefficient (Wildman–Crippen LogP) is 6.43. The van der Waals surface area contributed by atoms with E-state index in [0.29, 0.717) is 22.2 Å². The Balaban J connectivity index is 1.61. The quantitative estimate of drug-likeness (QED) is 0.277. The summed E-state index contributed by atoms with van der Waals surface area (Å²) in [6.07, 6.45) is 0. The van der Waals surface area contributed by atoms with Crippen LogP contribution in [0.2, 0.25) is 0 Å². The van der Waals surface area contributed by atoms with Crippen LogP contribution in [0.15, 0.2) is 92.0 Å². The average Bonchev–Trinajstić information content (AvgIpc) is 3.05. The molecule has 0 fully saturated rings. The molecule has 0 atom stereocenters. The zero-order chi connectivity index (χ0) is 22.7. The number of fused-ring (bicyclic) bond motifs is 1. The third-order valence-corrected chi connectivity index (χ3v) is 5.74. The number of carbonyl (C=O) groups is 2. The SMILES string of the molecule is O=C(Cn1c(O)c(N=NC(=O)c2ccc(Br)cc2)c2ccccc21)Nc1ccc(Br)cc1. The zero-order valence-electron chi connectivity index (χ0n) is 16.5. The van der Waals surface area contributed by atoms with E-state index in [9.17, 15) is 14.7 Å². The zero-order valence-corrected chi connectivity index (χ0v) is 19.7. The smallest absolute Gasteiger partial charge is 0.295 e. The first-order chi connectivity index (χ1) is 15.4. The van der Waals surface area contributed by atoms with Crippen LogP contribution in [0.25, 0.3) is 10.9 Å². The summed E-state index contributed by atoms with van der Waals surface area (Å²) >= 11 is 6.67. The molecular formula is C23H16Br2N4O3. The fourth-order valence-electron chi connectivity index (χ4n) is 3.15. The molecule has 0 bridgehead atoms. The van der Waals surface area contributed by atoms with Crippen LogP contribution in [0, 0.1) is 0 Å². The number of aromatic nitrogens is 1. The maximum absolute atomic E-state index is 12.6. The van der Waals surface area contributed by atoms with E-state index in [4.69, 9.17) is 0 Å². The summed E-state index contributed by atoms with van der Waals surface area (Å²) in [5.74, 6) is -1.11. The number of halogens is 2. The fourth-order valence-corrected chi connectivity index (χ4v) is 3.68. The molecule has 2 amide bonds. The maximum Gasteiger partial charge on any atom is 0.295 e. The molecule has 0 aliphatic rings. The first kappa shape index (κ1) is 21.9. The summed E-state index contributed by atoms with van der Waals surface area (Å²) in [7, 11) is 0. The third-order valence-electron chi connectivity index (χ3n) is 4.68. The van der Waals surface area contributed by atoms with E-state index in [0.717, 1.165) is 8.95 Å². The summed E-state index contributed by atoms with van der Waals surface area (Å²) in [6.45, 7) is -0.140. The van der Waals surface area contributed by atoms with Crippen LogP contribution >= 0.6 is 31.9 Å². The lowest BCUT2D eigenvalue weighted by Gasteiger charge is -2.08. The number of hydrogen-bond donors (Lipinski definition) is 2. The molecule has 1 heterocycles. The Hall–Kier alpha value is -3.30. The minimum atomic E-state index is -0.540. The van der Waals surface area contributed by atoms with Gasteiger partial charge in [-0.25, -0.2) is 0 Å². The Morgan fingerprint density at radius 1 is 0.906 bits per heavy atom. The molecular weight excluding hydrogens is 540 g/mol. The molecule has 32 heavy (non-hydrogen) atoms. The Morgan fingerprint density at radius 2 is 1.53 bits per heavy atom. The molecule has 1 aromatic heterocycles. The number of para-hydroxylation sites is 1. The van der Waals surface area contributed by atoms with E-state index in [1.807, 2.05) is 12.1 Å². The number of anilines is 1. The lowest BCUT2D eigenvalue weighted by atomic mass is 10.2. The molecule has 2 N–H and O–H groups in total. The molecule has 0 aliphatic heterocycles. The van der Waals surface area contributed by atoms with Gasteiger partial charge in [-0.3, -0.25) is 9.59 Å². The van der Waals surface area contributed by atoms with Gasteiger partial charge in [0.25, 0.3) is 5.91 Å². The Morgan fingerprint density at radius 3 is 2.22 bits per heavy atom. The Bertz CT molecular complexity index is 1330. The molecule has 160 valence electrons. The number of aromatic hydroxyl groups is 1. The van der Waals surface area contributed by atoms with Gasteiger partial charge in [-0.2, -0.15) is 0 Å². The summed E-state index contributed by atoms with van der Waals surface area (Å²) in [5.41, 5.74) is 1.73. The second-order valence-electron chi connectivity index (χ2n) is 6.84. The van der Waals surface area contributed by atoms with E-state index < -0.39 is 5.91 Å². The number of azo groups is 1.